The Hall–Kier alpha value is -1.46. The minimum Gasteiger partial charge on any atom is -0.494 e. The number of methoxy groups -OCH3 is 1. The van der Waals surface area contributed by atoms with E-state index in [-0.39, 0.29) is 17.6 Å². The number of ether oxygens (including phenoxy) is 1. The highest BCUT2D eigenvalue weighted by atomic mass is 79.9. The molecular formula is C15H14BrF2NO. The van der Waals surface area contributed by atoms with Gasteiger partial charge in [0.15, 0.2) is 11.6 Å². The molecule has 0 spiro atoms. The lowest BCUT2D eigenvalue weighted by atomic mass is 9.99. The third-order valence-corrected chi connectivity index (χ3v) is 3.80. The predicted octanol–water partition coefficient (Wildman–Crippen LogP) is 3.98. The standard InChI is InChI=1S/C15H14BrF2NO/c1-20-15-5-3-10(6-13(15)18)14(19)7-9-2-4-11(17)8-12(9)16/h2-6,8,14H,7,19H2,1H3. The molecule has 1 atom stereocenters. The van der Waals surface area contributed by atoms with Gasteiger partial charge < -0.3 is 10.5 Å². The van der Waals surface area contributed by atoms with Gasteiger partial charge in [-0.15, -0.1) is 0 Å². The van der Waals surface area contributed by atoms with Crippen molar-refractivity contribution in [3.8, 4) is 5.75 Å². The van der Waals surface area contributed by atoms with Crippen molar-refractivity contribution in [2.24, 2.45) is 5.73 Å². The molecule has 0 radical (unpaired) electrons. The predicted molar refractivity (Wildman–Crippen MR) is 77.7 cm³/mol. The Bertz CT molecular complexity index is 619. The van der Waals surface area contributed by atoms with E-state index in [0.29, 0.717) is 16.5 Å². The molecule has 2 nitrogen and oxygen atoms in total. The van der Waals surface area contributed by atoms with Gasteiger partial charge in [0.25, 0.3) is 0 Å². The smallest absolute Gasteiger partial charge is 0.165 e. The van der Waals surface area contributed by atoms with Crippen LogP contribution in [0.3, 0.4) is 0 Å². The molecule has 0 aliphatic rings. The van der Waals surface area contributed by atoms with E-state index in [1.54, 1.807) is 18.2 Å². The fourth-order valence-corrected chi connectivity index (χ4v) is 2.47. The molecular weight excluding hydrogens is 328 g/mol. The molecule has 0 heterocycles. The highest BCUT2D eigenvalue weighted by molar-refractivity contribution is 9.10. The Balaban J connectivity index is 2.19. The largest absolute Gasteiger partial charge is 0.494 e. The number of nitrogens with two attached hydrogens (primary N) is 1. The average Bonchev–Trinajstić information content (AvgIpc) is 2.41. The lowest BCUT2D eigenvalue weighted by Gasteiger charge is -2.14. The van der Waals surface area contributed by atoms with Crippen LogP contribution >= 0.6 is 15.9 Å². The third kappa shape index (κ3) is 3.35. The van der Waals surface area contributed by atoms with Crippen LogP contribution in [-0.2, 0) is 6.42 Å². The van der Waals surface area contributed by atoms with Crippen LogP contribution in [-0.4, -0.2) is 7.11 Å². The first-order chi connectivity index (χ1) is 9.51. The molecule has 2 aromatic rings. The van der Waals surface area contributed by atoms with Gasteiger partial charge in [0.1, 0.15) is 5.82 Å². The molecule has 0 amide bonds. The summed E-state index contributed by atoms with van der Waals surface area (Å²) in [5.74, 6) is -0.577. The quantitative estimate of drug-likeness (QED) is 0.912. The summed E-state index contributed by atoms with van der Waals surface area (Å²) in [5, 5.41) is 0. The van der Waals surface area contributed by atoms with Crippen LogP contribution < -0.4 is 10.5 Å². The lowest BCUT2D eigenvalue weighted by Crippen LogP contribution is -2.14. The molecule has 0 aliphatic heterocycles. The van der Waals surface area contributed by atoms with Crippen LogP contribution in [0.1, 0.15) is 17.2 Å². The fraction of sp³-hybridized carbons (Fsp3) is 0.200. The van der Waals surface area contributed by atoms with Gasteiger partial charge in [0, 0.05) is 10.5 Å². The van der Waals surface area contributed by atoms with Crippen molar-refractivity contribution in [3.63, 3.8) is 0 Å². The van der Waals surface area contributed by atoms with E-state index in [1.807, 2.05) is 0 Å². The van der Waals surface area contributed by atoms with E-state index in [9.17, 15) is 8.78 Å². The summed E-state index contributed by atoms with van der Waals surface area (Å²) in [7, 11) is 1.41. The van der Waals surface area contributed by atoms with Crippen LogP contribution in [0, 0.1) is 11.6 Å². The Morgan fingerprint density at radius 2 is 1.95 bits per heavy atom. The maximum Gasteiger partial charge on any atom is 0.165 e. The second-order valence-corrected chi connectivity index (χ2v) is 5.29. The van der Waals surface area contributed by atoms with E-state index in [4.69, 9.17) is 10.5 Å². The first kappa shape index (κ1) is 14.9. The second kappa shape index (κ2) is 6.33. The summed E-state index contributed by atoms with van der Waals surface area (Å²) >= 11 is 3.30. The average molecular weight is 342 g/mol. The molecule has 1 unspecified atom stereocenters. The Kier molecular flexibility index (Phi) is 4.73. The van der Waals surface area contributed by atoms with E-state index < -0.39 is 5.82 Å². The zero-order chi connectivity index (χ0) is 14.7. The normalized spacial score (nSPS) is 12.2. The summed E-state index contributed by atoms with van der Waals surface area (Å²) in [5.41, 5.74) is 7.61. The zero-order valence-corrected chi connectivity index (χ0v) is 12.5. The molecule has 0 saturated carbocycles. The van der Waals surface area contributed by atoms with Gasteiger partial charge in [-0.1, -0.05) is 28.1 Å². The first-order valence-corrected chi connectivity index (χ1v) is 6.83. The van der Waals surface area contributed by atoms with Crippen LogP contribution in [0.15, 0.2) is 40.9 Å². The van der Waals surface area contributed by atoms with Crippen molar-refractivity contribution in [1.82, 2.24) is 0 Å². The molecule has 2 aromatic carbocycles. The van der Waals surface area contributed by atoms with E-state index >= 15 is 0 Å². The minimum absolute atomic E-state index is 0.184. The molecule has 20 heavy (non-hydrogen) atoms. The first-order valence-electron chi connectivity index (χ1n) is 6.04. The molecule has 2 N–H and O–H groups in total. The molecule has 0 aliphatic carbocycles. The molecule has 5 heteroatoms. The van der Waals surface area contributed by atoms with Crippen LogP contribution in [0.2, 0.25) is 0 Å². The Labute approximate surface area is 124 Å². The van der Waals surface area contributed by atoms with Crippen LogP contribution in [0.5, 0.6) is 5.75 Å². The molecule has 0 bridgehead atoms. The maximum atomic E-state index is 13.6. The summed E-state index contributed by atoms with van der Waals surface area (Å²) < 4.78 is 32.2. The summed E-state index contributed by atoms with van der Waals surface area (Å²) in [4.78, 5) is 0. The number of hydrogen-bond acceptors (Lipinski definition) is 2. The van der Waals surface area contributed by atoms with Gasteiger partial charge in [-0.25, -0.2) is 8.78 Å². The van der Waals surface area contributed by atoms with E-state index in [0.717, 1.165) is 5.56 Å². The van der Waals surface area contributed by atoms with Gasteiger partial charge in [-0.3, -0.25) is 0 Å². The third-order valence-electron chi connectivity index (χ3n) is 3.06. The fourth-order valence-electron chi connectivity index (χ4n) is 1.96. The summed E-state index contributed by atoms with van der Waals surface area (Å²) in [6.07, 6.45) is 0.479. The SMILES string of the molecule is COc1ccc(C(N)Cc2ccc(F)cc2Br)cc1F. The van der Waals surface area contributed by atoms with Crippen LogP contribution in [0.4, 0.5) is 8.78 Å². The van der Waals surface area contributed by atoms with Gasteiger partial charge in [0.2, 0.25) is 0 Å². The van der Waals surface area contributed by atoms with E-state index in [1.165, 1.54) is 25.3 Å². The summed E-state index contributed by atoms with van der Waals surface area (Å²) in [6, 6.07) is 8.68. The second-order valence-electron chi connectivity index (χ2n) is 4.44. The van der Waals surface area contributed by atoms with Crippen molar-refractivity contribution in [1.29, 1.82) is 0 Å². The van der Waals surface area contributed by atoms with Crippen molar-refractivity contribution in [2.45, 2.75) is 12.5 Å². The van der Waals surface area contributed by atoms with Crippen molar-refractivity contribution in [3.05, 3.63) is 63.6 Å². The van der Waals surface area contributed by atoms with Gasteiger partial charge >= 0.3 is 0 Å². The number of halogens is 3. The van der Waals surface area contributed by atoms with Crippen molar-refractivity contribution < 1.29 is 13.5 Å². The lowest BCUT2D eigenvalue weighted by molar-refractivity contribution is 0.386. The van der Waals surface area contributed by atoms with Gasteiger partial charge in [-0.2, -0.15) is 0 Å². The Morgan fingerprint density at radius 3 is 2.55 bits per heavy atom. The maximum absolute atomic E-state index is 13.6. The van der Waals surface area contributed by atoms with Crippen molar-refractivity contribution >= 4 is 15.9 Å². The van der Waals surface area contributed by atoms with Gasteiger partial charge in [-0.05, 0) is 41.8 Å². The molecule has 0 fully saturated rings. The highest BCUT2D eigenvalue weighted by Gasteiger charge is 2.12. The van der Waals surface area contributed by atoms with Crippen molar-refractivity contribution in [2.75, 3.05) is 7.11 Å². The number of benzene rings is 2. The summed E-state index contributed by atoms with van der Waals surface area (Å²) in [6.45, 7) is 0. The molecule has 0 saturated heterocycles. The molecule has 106 valence electrons. The monoisotopic (exact) mass is 341 g/mol. The minimum atomic E-state index is -0.446. The molecule has 0 aromatic heterocycles. The zero-order valence-electron chi connectivity index (χ0n) is 10.9. The van der Waals surface area contributed by atoms with Gasteiger partial charge in [0.05, 0.1) is 7.11 Å². The Morgan fingerprint density at radius 1 is 1.20 bits per heavy atom. The van der Waals surface area contributed by atoms with Crippen LogP contribution in [0.25, 0.3) is 0 Å². The van der Waals surface area contributed by atoms with E-state index in [2.05, 4.69) is 15.9 Å². The topological polar surface area (TPSA) is 35.2 Å². The number of rotatable bonds is 4. The number of hydrogen-bond donors (Lipinski definition) is 1. The highest BCUT2D eigenvalue weighted by Crippen LogP contribution is 2.26. The molecule has 2 rings (SSSR count).